The van der Waals surface area contributed by atoms with Crippen LogP contribution in [0.1, 0.15) is 29.7 Å². The van der Waals surface area contributed by atoms with Crippen LogP contribution in [0.25, 0.3) is 0 Å². The number of nitrogens with one attached hydrogen (secondary N) is 1. The van der Waals surface area contributed by atoms with Gasteiger partial charge in [-0.25, -0.2) is 4.39 Å². The standard InChI is InChI=1S/C18H20FNO2/c1-12-4-3-5-14(10-12)11-17(21)20-13(2)18(22)15-6-8-16(19)9-7-15/h3-10,13,18,22H,11H2,1-2H3,(H,20,21). The fourth-order valence-electron chi connectivity index (χ4n) is 2.34. The van der Waals surface area contributed by atoms with E-state index in [2.05, 4.69) is 5.32 Å². The Hall–Kier alpha value is -2.20. The Morgan fingerprint density at radius 1 is 1.23 bits per heavy atom. The van der Waals surface area contributed by atoms with Crippen LogP contribution in [0.4, 0.5) is 4.39 Å². The maximum atomic E-state index is 12.9. The second-order valence-corrected chi connectivity index (χ2v) is 5.52. The first-order valence-electron chi connectivity index (χ1n) is 7.24. The van der Waals surface area contributed by atoms with Crippen LogP contribution in [0.3, 0.4) is 0 Å². The van der Waals surface area contributed by atoms with Gasteiger partial charge in [0.05, 0.1) is 18.6 Å². The monoisotopic (exact) mass is 301 g/mol. The molecule has 1 amide bonds. The molecule has 2 atom stereocenters. The van der Waals surface area contributed by atoms with Gasteiger partial charge in [0, 0.05) is 0 Å². The third-order valence-corrected chi connectivity index (χ3v) is 3.52. The number of aliphatic hydroxyl groups is 1. The van der Waals surface area contributed by atoms with E-state index in [9.17, 15) is 14.3 Å². The van der Waals surface area contributed by atoms with Gasteiger partial charge in [0.2, 0.25) is 5.91 Å². The number of amides is 1. The molecule has 0 saturated heterocycles. The molecule has 2 aromatic carbocycles. The fourth-order valence-corrected chi connectivity index (χ4v) is 2.34. The predicted octanol–water partition coefficient (Wildman–Crippen LogP) is 2.91. The molecule has 0 aromatic heterocycles. The lowest BCUT2D eigenvalue weighted by atomic mass is 10.0. The van der Waals surface area contributed by atoms with E-state index < -0.39 is 12.1 Å². The van der Waals surface area contributed by atoms with Gasteiger partial charge in [-0.1, -0.05) is 42.0 Å². The Morgan fingerprint density at radius 2 is 1.91 bits per heavy atom. The van der Waals surface area contributed by atoms with E-state index in [4.69, 9.17) is 0 Å². The van der Waals surface area contributed by atoms with Gasteiger partial charge in [-0.2, -0.15) is 0 Å². The van der Waals surface area contributed by atoms with Crippen molar-refractivity contribution in [2.75, 3.05) is 0 Å². The molecule has 2 unspecified atom stereocenters. The van der Waals surface area contributed by atoms with Crippen LogP contribution in [-0.2, 0) is 11.2 Å². The van der Waals surface area contributed by atoms with Gasteiger partial charge in [0.25, 0.3) is 0 Å². The van der Waals surface area contributed by atoms with E-state index in [1.165, 1.54) is 24.3 Å². The minimum atomic E-state index is -0.873. The molecule has 0 fully saturated rings. The molecule has 0 aliphatic heterocycles. The molecular formula is C18H20FNO2. The normalized spacial score (nSPS) is 13.5. The van der Waals surface area contributed by atoms with Gasteiger partial charge < -0.3 is 10.4 Å². The number of hydrogen-bond donors (Lipinski definition) is 2. The summed E-state index contributed by atoms with van der Waals surface area (Å²) in [5.41, 5.74) is 2.61. The summed E-state index contributed by atoms with van der Waals surface area (Å²) in [4.78, 5) is 12.0. The van der Waals surface area contributed by atoms with E-state index in [-0.39, 0.29) is 18.1 Å². The first kappa shape index (κ1) is 16.2. The zero-order valence-electron chi connectivity index (χ0n) is 12.7. The number of aliphatic hydroxyl groups excluding tert-OH is 1. The van der Waals surface area contributed by atoms with E-state index in [0.717, 1.165) is 11.1 Å². The zero-order chi connectivity index (χ0) is 16.1. The Balaban J connectivity index is 1.94. The highest BCUT2D eigenvalue weighted by Gasteiger charge is 2.18. The van der Waals surface area contributed by atoms with Crippen LogP contribution < -0.4 is 5.32 Å². The molecular weight excluding hydrogens is 281 g/mol. The first-order valence-corrected chi connectivity index (χ1v) is 7.24. The van der Waals surface area contributed by atoms with E-state index in [1.807, 2.05) is 31.2 Å². The zero-order valence-corrected chi connectivity index (χ0v) is 12.7. The maximum Gasteiger partial charge on any atom is 0.224 e. The van der Waals surface area contributed by atoms with Gasteiger partial charge in [-0.3, -0.25) is 4.79 Å². The third kappa shape index (κ3) is 4.40. The van der Waals surface area contributed by atoms with Crippen molar-refractivity contribution in [1.29, 1.82) is 0 Å². The Bertz CT molecular complexity index is 640. The van der Waals surface area contributed by atoms with Crippen molar-refractivity contribution >= 4 is 5.91 Å². The average Bonchev–Trinajstić information content (AvgIpc) is 2.47. The van der Waals surface area contributed by atoms with Gasteiger partial charge in [-0.05, 0) is 37.1 Å². The van der Waals surface area contributed by atoms with Crippen molar-refractivity contribution in [2.24, 2.45) is 0 Å². The first-order chi connectivity index (χ1) is 10.5. The van der Waals surface area contributed by atoms with E-state index >= 15 is 0 Å². The van der Waals surface area contributed by atoms with Crippen molar-refractivity contribution in [3.05, 3.63) is 71.0 Å². The highest BCUT2D eigenvalue weighted by atomic mass is 19.1. The molecule has 2 aromatic rings. The number of aryl methyl sites for hydroxylation is 1. The third-order valence-electron chi connectivity index (χ3n) is 3.52. The summed E-state index contributed by atoms with van der Waals surface area (Å²) in [7, 11) is 0. The minimum absolute atomic E-state index is 0.153. The second kappa shape index (κ2) is 7.18. The SMILES string of the molecule is Cc1cccc(CC(=O)NC(C)C(O)c2ccc(F)cc2)c1. The largest absolute Gasteiger partial charge is 0.386 e. The molecule has 2 rings (SSSR count). The summed E-state index contributed by atoms with van der Waals surface area (Å²) in [6.45, 7) is 3.70. The quantitative estimate of drug-likeness (QED) is 0.892. The molecule has 0 saturated carbocycles. The number of benzene rings is 2. The molecule has 4 heteroatoms. The van der Waals surface area contributed by atoms with Crippen molar-refractivity contribution in [1.82, 2.24) is 5.32 Å². The Morgan fingerprint density at radius 3 is 2.55 bits per heavy atom. The molecule has 0 radical (unpaired) electrons. The molecule has 0 spiro atoms. The molecule has 2 N–H and O–H groups in total. The molecule has 0 heterocycles. The minimum Gasteiger partial charge on any atom is -0.386 e. The van der Waals surface area contributed by atoms with E-state index in [0.29, 0.717) is 5.56 Å². The topological polar surface area (TPSA) is 49.3 Å². The highest BCUT2D eigenvalue weighted by Crippen LogP contribution is 2.17. The van der Waals surface area contributed by atoms with Crippen molar-refractivity contribution in [2.45, 2.75) is 32.4 Å². The molecule has 0 aliphatic rings. The summed E-state index contributed by atoms with van der Waals surface area (Å²) < 4.78 is 12.9. The van der Waals surface area contributed by atoms with Crippen LogP contribution >= 0.6 is 0 Å². The number of carbonyl (C=O) groups excluding carboxylic acids is 1. The number of halogens is 1. The van der Waals surface area contributed by atoms with Gasteiger partial charge in [-0.15, -0.1) is 0 Å². The van der Waals surface area contributed by atoms with Crippen LogP contribution in [0.15, 0.2) is 48.5 Å². The number of rotatable bonds is 5. The van der Waals surface area contributed by atoms with Crippen molar-refractivity contribution < 1.29 is 14.3 Å². The summed E-state index contributed by atoms with van der Waals surface area (Å²) >= 11 is 0. The van der Waals surface area contributed by atoms with Gasteiger partial charge >= 0.3 is 0 Å². The molecule has 116 valence electrons. The summed E-state index contributed by atoms with van der Waals surface area (Å²) in [5, 5.41) is 13.0. The highest BCUT2D eigenvalue weighted by molar-refractivity contribution is 5.78. The van der Waals surface area contributed by atoms with E-state index in [1.54, 1.807) is 6.92 Å². The smallest absolute Gasteiger partial charge is 0.224 e. The van der Waals surface area contributed by atoms with Crippen LogP contribution in [-0.4, -0.2) is 17.1 Å². The van der Waals surface area contributed by atoms with Crippen molar-refractivity contribution in [3.63, 3.8) is 0 Å². The lowest BCUT2D eigenvalue weighted by molar-refractivity contribution is -0.121. The number of hydrogen-bond acceptors (Lipinski definition) is 2. The Kier molecular flexibility index (Phi) is 5.28. The molecule has 3 nitrogen and oxygen atoms in total. The van der Waals surface area contributed by atoms with Gasteiger partial charge in [0.15, 0.2) is 0 Å². The molecule has 0 aliphatic carbocycles. The van der Waals surface area contributed by atoms with Crippen LogP contribution in [0.5, 0.6) is 0 Å². The Labute approximate surface area is 129 Å². The average molecular weight is 301 g/mol. The molecule has 0 bridgehead atoms. The van der Waals surface area contributed by atoms with Gasteiger partial charge in [0.1, 0.15) is 5.82 Å². The van der Waals surface area contributed by atoms with Crippen molar-refractivity contribution in [3.8, 4) is 0 Å². The lowest BCUT2D eigenvalue weighted by Gasteiger charge is -2.20. The predicted molar refractivity (Wildman–Crippen MR) is 83.8 cm³/mol. The summed E-state index contributed by atoms with van der Waals surface area (Å²) in [6.07, 6.45) is -0.607. The van der Waals surface area contributed by atoms with Crippen LogP contribution in [0.2, 0.25) is 0 Å². The fraction of sp³-hybridized carbons (Fsp3) is 0.278. The second-order valence-electron chi connectivity index (χ2n) is 5.52. The molecule has 22 heavy (non-hydrogen) atoms. The lowest BCUT2D eigenvalue weighted by Crippen LogP contribution is -2.37. The maximum absolute atomic E-state index is 12.9. The summed E-state index contributed by atoms with van der Waals surface area (Å²) in [5.74, 6) is -0.508. The number of carbonyl (C=O) groups is 1. The summed E-state index contributed by atoms with van der Waals surface area (Å²) in [6, 6.07) is 12.9. The van der Waals surface area contributed by atoms with Crippen LogP contribution in [0, 0.1) is 12.7 Å².